The molecule has 1 fully saturated rings. The van der Waals surface area contributed by atoms with E-state index in [1.165, 1.54) is 29.8 Å². The van der Waals surface area contributed by atoms with E-state index in [0.717, 1.165) is 17.3 Å². The van der Waals surface area contributed by atoms with E-state index in [-0.39, 0.29) is 36.3 Å². The molecule has 0 aromatic heterocycles. The first kappa shape index (κ1) is 21.9. The minimum absolute atomic E-state index is 0.0546. The SMILES string of the molecule is CN(C)CCc1ccc(NC(=O)c2ccc(S(=O)(=O)N3CCNC(=O)C3)cc2)cc1. The van der Waals surface area contributed by atoms with E-state index in [0.29, 0.717) is 11.3 Å². The van der Waals surface area contributed by atoms with Crippen molar-refractivity contribution < 1.29 is 18.0 Å². The minimum atomic E-state index is -3.78. The predicted octanol–water partition coefficient (Wildman–Crippen LogP) is 1.16. The van der Waals surface area contributed by atoms with Crippen LogP contribution in [0.4, 0.5) is 5.69 Å². The van der Waals surface area contributed by atoms with Gasteiger partial charge in [-0.1, -0.05) is 12.1 Å². The molecule has 2 aromatic rings. The molecular formula is C21H26N4O4S. The van der Waals surface area contributed by atoms with Crippen LogP contribution in [0.2, 0.25) is 0 Å². The van der Waals surface area contributed by atoms with Crippen LogP contribution in [0.5, 0.6) is 0 Å². The second-order valence-electron chi connectivity index (χ2n) is 7.42. The van der Waals surface area contributed by atoms with E-state index in [2.05, 4.69) is 15.5 Å². The predicted molar refractivity (Wildman–Crippen MR) is 115 cm³/mol. The van der Waals surface area contributed by atoms with Gasteiger partial charge in [0.1, 0.15) is 0 Å². The number of carbonyl (C=O) groups is 2. The van der Waals surface area contributed by atoms with Gasteiger partial charge >= 0.3 is 0 Å². The highest BCUT2D eigenvalue weighted by Gasteiger charge is 2.29. The van der Waals surface area contributed by atoms with Crippen LogP contribution in [0.15, 0.2) is 53.4 Å². The van der Waals surface area contributed by atoms with Gasteiger partial charge in [-0.2, -0.15) is 4.31 Å². The van der Waals surface area contributed by atoms with Crippen molar-refractivity contribution in [2.75, 3.05) is 45.6 Å². The van der Waals surface area contributed by atoms with E-state index in [4.69, 9.17) is 0 Å². The Morgan fingerprint density at radius 3 is 2.37 bits per heavy atom. The summed E-state index contributed by atoms with van der Waals surface area (Å²) < 4.78 is 26.5. The Hall–Kier alpha value is -2.75. The van der Waals surface area contributed by atoms with E-state index < -0.39 is 10.0 Å². The van der Waals surface area contributed by atoms with Crippen LogP contribution < -0.4 is 10.6 Å². The number of rotatable bonds is 7. The molecule has 160 valence electrons. The maximum absolute atomic E-state index is 12.7. The van der Waals surface area contributed by atoms with Gasteiger partial charge in [-0.05, 0) is 62.5 Å². The van der Waals surface area contributed by atoms with Crippen molar-refractivity contribution in [2.24, 2.45) is 0 Å². The molecule has 2 aromatic carbocycles. The van der Waals surface area contributed by atoms with Gasteiger partial charge in [-0.15, -0.1) is 0 Å². The lowest BCUT2D eigenvalue weighted by Gasteiger charge is -2.25. The highest BCUT2D eigenvalue weighted by molar-refractivity contribution is 7.89. The summed E-state index contributed by atoms with van der Waals surface area (Å²) >= 11 is 0. The zero-order valence-electron chi connectivity index (χ0n) is 17.1. The number of sulfonamides is 1. The summed E-state index contributed by atoms with van der Waals surface area (Å²) in [6.45, 7) is 1.26. The first-order chi connectivity index (χ1) is 14.3. The average Bonchev–Trinajstić information content (AvgIpc) is 2.73. The van der Waals surface area contributed by atoms with Gasteiger partial charge in [0.2, 0.25) is 15.9 Å². The monoisotopic (exact) mass is 430 g/mol. The molecule has 0 radical (unpaired) electrons. The van der Waals surface area contributed by atoms with E-state index in [1.54, 1.807) is 0 Å². The van der Waals surface area contributed by atoms with Crippen molar-refractivity contribution in [3.63, 3.8) is 0 Å². The average molecular weight is 431 g/mol. The first-order valence-electron chi connectivity index (χ1n) is 9.67. The number of likely N-dealkylation sites (N-methyl/N-ethyl adjacent to an activating group) is 1. The molecule has 0 bridgehead atoms. The Bertz CT molecular complexity index is 1000. The van der Waals surface area contributed by atoms with Gasteiger partial charge < -0.3 is 15.5 Å². The number of carbonyl (C=O) groups excluding carboxylic acids is 2. The normalized spacial score (nSPS) is 15.1. The number of nitrogens with one attached hydrogen (secondary N) is 2. The van der Waals surface area contributed by atoms with Gasteiger partial charge in [-0.25, -0.2) is 8.42 Å². The number of hydrogen-bond donors (Lipinski definition) is 2. The molecule has 3 rings (SSSR count). The third-order valence-electron chi connectivity index (χ3n) is 4.82. The summed E-state index contributed by atoms with van der Waals surface area (Å²) in [6.07, 6.45) is 0.926. The molecule has 2 N–H and O–H groups in total. The number of piperazine rings is 1. The third kappa shape index (κ3) is 5.44. The lowest BCUT2D eigenvalue weighted by Crippen LogP contribution is -2.49. The van der Waals surface area contributed by atoms with Gasteiger partial charge in [0.15, 0.2) is 0 Å². The standard InChI is InChI=1S/C21H26N4O4S/c1-24(2)13-11-16-3-7-18(8-4-16)23-21(27)17-5-9-19(10-6-17)30(28,29)25-14-12-22-20(26)15-25/h3-10H,11-15H2,1-2H3,(H,22,26)(H,23,27). The Kier molecular flexibility index (Phi) is 6.86. The lowest BCUT2D eigenvalue weighted by atomic mass is 10.1. The van der Waals surface area contributed by atoms with Gasteiger partial charge in [-0.3, -0.25) is 9.59 Å². The van der Waals surface area contributed by atoms with E-state index in [9.17, 15) is 18.0 Å². The second kappa shape index (κ2) is 9.38. The summed E-state index contributed by atoms with van der Waals surface area (Å²) in [7, 11) is 0.269. The molecule has 1 heterocycles. The molecule has 30 heavy (non-hydrogen) atoms. The minimum Gasteiger partial charge on any atom is -0.354 e. The maximum atomic E-state index is 12.7. The smallest absolute Gasteiger partial charge is 0.255 e. The lowest BCUT2D eigenvalue weighted by molar-refractivity contribution is -0.122. The highest BCUT2D eigenvalue weighted by atomic mass is 32.2. The molecule has 2 amide bonds. The fraction of sp³-hybridized carbons (Fsp3) is 0.333. The summed E-state index contributed by atoms with van der Waals surface area (Å²) in [5.74, 6) is -0.647. The van der Waals surface area contributed by atoms with Gasteiger partial charge in [0, 0.05) is 30.9 Å². The van der Waals surface area contributed by atoms with Crippen molar-refractivity contribution in [1.29, 1.82) is 0 Å². The van der Waals surface area contributed by atoms with Crippen molar-refractivity contribution in [3.8, 4) is 0 Å². The number of benzene rings is 2. The summed E-state index contributed by atoms with van der Waals surface area (Å²) in [6, 6.07) is 13.4. The Morgan fingerprint density at radius 2 is 1.77 bits per heavy atom. The summed E-state index contributed by atoms with van der Waals surface area (Å²) in [4.78, 5) is 26.1. The summed E-state index contributed by atoms with van der Waals surface area (Å²) in [5.41, 5.74) is 2.20. The molecule has 1 aliphatic rings. The molecule has 0 aliphatic carbocycles. The van der Waals surface area contributed by atoms with Crippen molar-refractivity contribution in [1.82, 2.24) is 14.5 Å². The van der Waals surface area contributed by atoms with E-state index in [1.807, 2.05) is 38.4 Å². The molecule has 1 saturated heterocycles. The molecule has 9 heteroatoms. The topological polar surface area (TPSA) is 98.8 Å². The number of nitrogens with zero attached hydrogens (tertiary/aromatic N) is 2. The molecule has 0 atom stereocenters. The van der Waals surface area contributed by atoms with Crippen LogP contribution in [0.25, 0.3) is 0 Å². The molecule has 0 unspecified atom stereocenters. The van der Waals surface area contributed by atoms with Crippen LogP contribution >= 0.6 is 0 Å². The van der Waals surface area contributed by atoms with Crippen molar-refractivity contribution in [3.05, 3.63) is 59.7 Å². The fourth-order valence-corrected chi connectivity index (χ4v) is 4.46. The van der Waals surface area contributed by atoms with Crippen LogP contribution in [-0.2, 0) is 21.2 Å². The van der Waals surface area contributed by atoms with Crippen molar-refractivity contribution in [2.45, 2.75) is 11.3 Å². The fourth-order valence-electron chi connectivity index (χ4n) is 3.06. The molecule has 0 saturated carbocycles. The molecule has 8 nitrogen and oxygen atoms in total. The van der Waals surface area contributed by atoms with Crippen LogP contribution in [0, 0.1) is 0 Å². The second-order valence-corrected chi connectivity index (χ2v) is 9.36. The van der Waals surface area contributed by atoms with Crippen molar-refractivity contribution >= 4 is 27.5 Å². The number of hydrogen-bond acceptors (Lipinski definition) is 5. The first-order valence-corrected chi connectivity index (χ1v) is 11.1. The van der Waals surface area contributed by atoms with Gasteiger partial charge in [0.25, 0.3) is 5.91 Å². The van der Waals surface area contributed by atoms with Gasteiger partial charge in [0.05, 0.1) is 11.4 Å². The Labute approximate surface area is 176 Å². The zero-order valence-corrected chi connectivity index (χ0v) is 17.9. The quantitative estimate of drug-likeness (QED) is 0.687. The molecular weight excluding hydrogens is 404 g/mol. The largest absolute Gasteiger partial charge is 0.354 e. The third-order valence-corrected chi connectivity index (χ3v) is 6.68. The maximum Gasteiger partial charge on any atom is 0.255 e. The van der Waals surface area contributed by atoms with Crippen LogP contribution in [0.3, 0.4) is 0 Å². The molecule has 1 aliphatic heterocycles. The Balaban J connectivity index is 1.64. The van der Waals surface area contributed by atoms with E-state index >= 15 is 0 Å². The van der Waals surface area contributed by atoms with Crippen LogP contribution in [-0.4, -0.2) is 69.7 Å². The zero-order chi connectivity index (χ0) is 21.7. The van der Waals surface area contributed by atoms with Crippen LogP contribution in [0.1, 0.15) is 15.9 Å². The summed E-state index contributed by atoms with van der Waals surface area (Å²) in [5, 5.41) is 5.41. The Morgan fingerprint density at radius 1 is 1.10 bits per heavy atom. The number of anilines is 1. The highest BCUT2D eigenvalue weighted by Crippen LogP contribution is 2.18. The molecule has 0 spiro atoms. The number of amides is 2.